The molecule has 45 heavy (non-hydrogen) atoms. The highest BCUT2D eigenvalue weighted by Gasteiger charge is 2.42. The van der Waals surface area contributed by atoms with Gasteiger partial charge >= 0.3 is 11.9 Å². The predicted octanol–water partition coefficient (Wildman–Crippen LogP) is 4.79. The average Bonchev–Trinajstić information content (AvgIpc) is 3.04. The van der Waals surface area contributed by atoms with Crippen LogP contribution in [0.3, 0.4) is 0 Å². The van der Waals surface area contributed by atoms with Gasteiger partial charge in [0.1, 0.15) is 17.9 Å². The van der Waals surface area contributed by atoms with Crippen LogP contribution in [-0.4, -0.2) is 80.3 Å². The number of carbonyl (C=O) groups is 4. The molecular formula is C34H45NO10. The molecular weight excluding hydrogens is 582 g/mol. The molecule has 0 radical (unpaired) electrons. The highest BCUT2D eigenvalue weighted by Crippen LogP contribution is 2.32. The van der Waals surface area contributed by atoms with Crippen LogP contribution in [-0.2, 0) is 35.1 Å². The highest BCUT2D eigenvalue weighted by atomic mass is 16.5. The molecule has 2 aromatic carbocycles. The van der Waals surface area contributed by atoms with Crippen molar-refractivity contribution in [3.63, 3.8) is 0 Å². The number of hydrogen-bond acceptors (Lipinski definition) is 9. The Morgan fingerprint density at radius 3 is 2.47 bits per heavy atom. The number of ketones is 1. The van der Waals surface area contributed by atoms with Gasteiger partial charge in [-0.3, -0.25) is 9.59 Å². The third-order valence-electron chi connectivity index (χ3n) is 7.65. The van der Waals surface area contributed by atoms with Crippen LogP contribution in [0.5, 0.6) is 17.2 Å². The van der Waals surface area contributed by atoms with Gasteiger partial charge in [-0.15, -0.1) is 0 Å². The van der Waals surface area contributed by atoms with E-state index in [9.17, 15) is 19.2 Å². The normalized spacial score (nSPS) is 15.6. The molecule has 2 atom stereocenters. The average molecular weight is 628 g/mol. The number of carboxylic acids is 1. The molecule has 1 amide bonds. The number of rotatable bonds is 17. The van der Waals surface area contributed by atoms with E-state index in [1.807, 2.05) is 19.1 Å². The molecule has 1 saturated heterocycles. The van der Waals surface area contributed by atoms with E-state index in [0.29, 0.717) is 61.5 Å². The Bertz CT molecular complexity index is 1320. The maximum atomic E-state index is 13.8. The third kappa shape index (κ3) is 9.94. The van der Waals surface area contributed by atoms with Crippen molar-refractivity contribution >= 4 is 23.6 Å². The zero-order chi connectivity index (χ0) is 33.0. The predicted molar refractivity (Wildman–Crippen MR) is 166 cm³/mol. The number of likely N-dealkylation sites (tertiary alicyclic amines) is 1. The topological polar surface area (TPSA) is 138 Å². The number of carboxylic acid groups (broad SMARTS) is 1. The molecule has 0 spiro atoms. The smallest absolute Gasteiger partial charge is 0.341 e. The highest BCUT2D eigenvalue weighted by molar-refractivity contribution is 6.38. The lowest BCUT2D eigenvalue weighted by atomic mass is 9.87. The summed E-state index contributed by atoms with van der Waals surface area (Å²) >= 11 is 0. The van der Waals surface area contributed by atoms with Crippen LogP contribution in [0.4, 0.5) is 0 Å². The number of piperidine rings is 1. The summed E-state index contributed by atoms with van der Waals surface area (Å²) in [5.74, 6) is -1.58. The van der Waals surface area contributed by atoms with E-state index < -0.39 is 47.8 Å². The third-order valence-corrected chi connectivity index (χ3v) is 7.65. The van der Waals surface area contributed by atoms with E-state index in [4.69, 9.17) is 28.8 Å². The second-order valence-electron chi connectivity index (χ2n) is 11.7. The summed E-state index contributed by atoms with van der Waals surface area (Å²) in [6.45, 7) is 5.64. The number of Topliss-reactive ketones (excluding diaryl/α,β-unsaturated/α-hetero) is 1. The van der Waals surface area contributed by atoms with Crippen molar-refractivity contribution in [2.24, 2.45) is 5.41 Å². The monoisotopic (exact) mass is 627 g/mol. The van der Waals surface area contributed by atoms with Gasteiger partial charge in [0.25, 0.3) is 5.91 Å². The lowest BCUT2D eigenvalue weighted by molar-refractivity contribution is -0.165. The van der Waals surface area contributed by atoms with Crippen LogP contribution in [0, 0.1) is 5.41 Å². The molecule has 1 heterocycles. The molecule has 11 nitrogen and oxygen atoms in total. The first-order valence-electron chi connectivity index (χ1n) is 15.3. The second-order valence-corrected chi connectivity index (χ2v) is 11.7. The fourth-order valence-corrected chi connectivity index (χ4v) is 5.17. The van der Waals surface area contributed by atoms with Crippen LogP contribution in [0.15, 0.2) is 42.5 Å². The van der Waals surface area contributed by atoms with Crippen LogP contribution in [0.25, 0.3) is 0 Å². The van der Waals surface area contributed by atoms with Crippen molar-refractivity contribution in [1.82, 2.24) is 4.90 Å². The quantitative estimate of drug-likeness (QED) is 0.148. The zero-order valence-corrected chi connectivity index (χ0v) is 26.8. The van der Waals surface area contributed by atoms with Crippen molar-refractivity contribution < 1.29 is 48.0 Å². The standard InChI is InChI=1S/C34H45NO10/c1-6-18-43-22-34(2,3)31(38)32(39)35-17-8-7-12-26(35)33(40)45-27(24-10-9-11-25(20-24)44-21-30(36)37)15-13-23-14-16-28(41-4)29(19-23)42-5/h9-11,14,16,19-20,26-27H,6-8,12-13,15,17-18,21-22H2,1-5H3,(H,36,37)/t26-,27+/m0/s1. The van der Waals surface area contributed by atoms with Crippen LogP contribution in [0.2, 0.25) is 0 Å². The second kappa shape index (κ2) is 16.8. The van der Waals surface area contributed by atoms with E-state index in [2.05, 4.69) is 0 Å². The number of carbonyl (C=O) groups excluding carboxylic acids is 3. The number of aryl methyl sites for hydroxylation is 1. The molecule has 2 aromatic rings. The zero-order valence-electron chi connectivity index (χ0n) is 26.8. The summed E-state index contributed by atoms with van der Waals surface area (Å²) < 4.78 is 27.8. The van der Waals surface area contributed by atoms with Gasteiger partial charge in [0.15, 0.2) is 18.1 Å². The number of nitrogens with zero attached hydrogens (tertiary/aromatic N) is 1. The first kappa shape index (κ1) is 35.4. The Morgan fingerprint density at radius 1 is 1.02 bits per heavy atom. The van der Waals surface area contributed by atoms with E-state index in [0.717, 1.165) is 12.0 Å². The Labute approximate surface area is 264 Å². The summed E-state index contributed by atoms with van der Waals surface area (Å²) in [6, 6.07) is 11.4. The van der Waals surface area contributed by atoms with E-state index in [1.165, 1.54) is 4.90 Å². The van der Waals surface area contributed by atoms with Crippen molar-refractivity contribution in [1.29, 1.82) is 0 Å². The first-order chi connectivity index (χ1) is 21.5. The molecule has 11 heteroatoms. The van der Waals surface area contributed by atoms with Crippen molar-refractivity contribution in [3.05, 3.63) is 53.6 Å². The molecule has 1 fully saturated rings. The fraction of sp³-hybridized carbons (Fsp3) is 0.529. The molecule has 1 aliphatic rings. The fourth-order valence-electron chi connectivity index (χ4n) is 5.17. The molecule has 3 rings (SSSR count). The van der Waals surface area contributed by atoms with E-state index in [-0.39, 0.29) is 13.2 Å². The number of hydrogen-bond donors (Lipinski definition) is 1. The van der Waals surface area contributed by atoms with E-state index in [1.54, 1.807) is 58.4 Å². The van der Waals surface area contributed by atoms with Gasteiger partial charge in [-0.2, -0.15) is 0 Å². The van der Waals surface area contributed by atoms with Crippen molar-refractivity contribution in [2.45, 2.75) is 71.4 Å². The Morgan fingerprint density at radius 2 is 1.78 bits per heavy atom. The molecule has 246 valence electrons. The largest absolute Gasteiger partial charge is 0.493 e. The lowest BCUT2D eigenvalue weighted by Crippen LogP contribution is -2.53. The van der Waals surface area contributed by atoms with Gasteiger partial charge in [0, 0.05) is 13.2 Å². The van der Waals surface area contributed by atoms with Gasteiger partial charge in [0.2, 0.25) is 5.78 Å². The molecule has 1 aliphatic heterocycles. The summed E-state index contributed by atoms with van der Waals surface area (Å²) in [4.78, 5) is 52.9. The van der Waals surface area contributed by atoms with Gasteiger partial charge in [0.05, 0.1) is 26.2 Å². The minimum absolute atomic E-state index is 0.104. The molecule has 0 aromatic heterocycles. The number of benzene rings is 2. The Hall–Kier alpha value is -4.12. The number of aliphatic carboxylic acids is 1. The lowest BCUT2D eigenvalue weighted by Gasteiger charge is -2.36. The van der Waals surface area contributed by atoms with Crippen LogP contribution >= 0.6 is 0 Å². The number of ether oxygens (including phenoxy) is 5. The molecule has 1 N–H and O–H groups in total. The first-order valence-corrected chi connectivity index (χ1v) is 15.3. The van der Waals surface area contributed by atoms with E-state index >= 15 is 0 Å². The number of amides is 1. The molecule has 0 aliphatic carbocycles. The minimum atomic E-state index is -1.12. The van der Waals surface area contributed by atoms with Gasteiger partial charge in [-0.25, -0.2) is 9.59 Å². The maximum absolute atomic E-state index is 13.8. The molecule has 0 unspecified atom stereocenters. The van der Waals surface area contributed by atoms with Gasteiger partial charge < -0.3 is 33.7 Å². The van der Waals surface area contributed by atoms with Crippen LogP contribution in [0.1, 0.15) is 70.1 Å². The van der Waals surface area contributed by atoms with Crippen LogP contribution < -0.4 is 14.2 Å². The minimum Gasteiger partial charge on any atom is -0.493 e. The molecule has 0 bridgehead atoms. The maximum Gasteiger partial charge on any atom is 0.341 e. The Kier molecular flexibility index (Phi) is 13.2. The molecule has 0 saturated carbocycles. The van der Waals surface area contributed by atoms with Crippen molar-refractivity contribution in [2.75, 3.05) is 40.6 Å². The van der Waals surface area contributed by atoms with Crippen molar-refractivity contribution in [3.8, 4) is 17.2 Å². The number of esters is 1. The summed E-state index contributed by atoms with van der Waals surface area (Å²) in [7, 11) is 3.11. The summed E-state index contributed by atoms with van der Waals surface area (Å²) in [5, 5.41) is 9.04. The van der Waals surface area contributed by atoms with Gasteiger partial charge in [-0.05, 0) is 73.9 Å². The SMILES string of the molecule is CCCOCC(C)(C)C(=O)C(=O)N1CCCC[C@H]1C(=O)O[C@H](CCc1ccc(OC)c(OC)c1)c1cccc(OCC(=O)O)c1. The Balaban J connectivity index is 1.84. The van der Waals surface area contributed by atoms with Gasteiger partial charge in [-0.1, -0.05) is 39.0 Å². The summed E-state index contributed by atoms with van der Waals surface area (Å²) in [5.41, 5.74) is 0.474. The summed E-state index contributed by atoms with van der Waals surface area (Å²) in [6.07, 6.45) is 2.64. The number of methoxy groups -OCH3 is 2.